The summed E-state index contributed by atoms with van der Waals surface area (Å²) in [5, 5.41) is 0. The Balaban J connectivity index is 2.45. The van der Waals surface area contributed by atoms with Crippen molar-refractivity contribution < 1.29 is 9.53 Å². The maximum atomic E-state index is 10.9. The summed E-state index contributed by atoms with van der Waals surface area (Å²) in [4.78, 5) is 13.1. The number of rotatable bonds is 7. The molecule has 1 rings (SSSR count). The van der Waals surface area contributed by atoms with Crippen LogP contribution in [-0.4, -0.2) is 30.4 Å². The molecule has 0 aliphatic rings. The molecule has 1 aromatic rings. The molecule has 1 aromatic carbocycles. The molecule has 0 aromatic heterocycles. The Bertz CT molecular complexity index is 371. The molecule has 0 saturated carbocycles. The lowest BCUT2D eigenvalue weighted by Crippen LogP contribution is -2.20. The van der Waals surface area contributed by atoms with E-state index in [4.69, 9.17) is 4.74 Å². The summed E-state index contributed by atoms with van der Waals surface area (Å²) in [5.41, 5.74) is 1.23. The van der Waals surface area contributed by atoms with Crippen LogP contribution in [0.5, 0.6) is 5.75 Å². The van der Waals surface area contributed by atoms with Crippen molar-refractivity contribution in [2.45, 2.75) is 39.8 Å². The summed E-state index contributed by atoms with van der Waals surface area (Å²) >= 11 is 0. The smallest absolute Gasteiger partial charge is 0.131 e. The Morgan fingerprint density at radius 2 is 1.89 bits per heavy atom. The first-order chi connectivity index (χ1) is 8.47. The van der Waals surface area contributed by atoms with Gasteiger partial charge in [-0.25, -0.2) is 0 Å². The fourth-order valence-corrected chi connectivity index (χ4v) is 1.68. The molecule has 0 fully saturated rings. The second kappa shape index (κ2) is 7.17. The highest BCUT2D eigenvalue weighted by atomic mass is 16.5. The highest BCUT2D eigenvalue weighted by Gasteiger charge is 2.03. The average Bonchev–Trinajstić information content (AvgIpc) is 2.28. The van der Waals surface area contributed by atoms with E-state index in [0.29, 0.717) is 6.42 Å². The van der Waals surface area contributed by atoms with Gasteiger partial charge in [-0.15, -0.1) is 0 Å². The highest BCUT2D eigenvalue weighted by Crippen LogP contribution is 2.14. The Kier molecular flexibility index (Phi) is 5.86. The first-order valence-electron chi connectivity index (χ1n) is 6.41. The number of ether oxygens (including phenoxy) is 1. The summed E-state index contributed by atoms with van der Waals surface area (Å²) in [6.45, 7) is 7.33. The molecule has 0 radical (unpaired) electrons. The van der Waals surface area contributed by atoms with Crippen molar-refractivity contribution in [3.05, 3.63) is 29.8 Å². The van der Waals surface area contributed by atoms with Crippen LogP contribution in [0.4, 0.5) is 0 Å². The fourth-order valence-electron chi connectivity index (χ4n) is 1.68. The van der Waals surface area contributed by atoms with Crippen LogP contribution in [0.15, 0.2) is 24.3 Å². The molecule has 0 heterocycles. The third-order valence-corrected chi connectivity index (χ3v) is 2.59. The summed E-state index contributed by atoms with van der Waals surface area (Å²) in [5.74, 6) is 1.14. The van der Waals surface area contributed by atoms with E-state index in [1.54, 1.807) is 6.92 Å². The normalized spacial score (nSPS) is 11.0. The van der Waals surface area contributed by atoms with Crippen molar-refractivity contribution in [3.63, 3.8) is 0 Å². The van der Waals surface area contributed by atoms with E-state index in [1.165, 1.54) is 5.56 Å². The van der Waals surface area contributed by atoms with Crippen molar-refractivity contribution >= 4 is 5.78 Å². The lowest BCUT2D eigenvalue weighted by molar-refractivity contribution is -0.117. The number of hydrogen-bond acceptors (Lipinski definition) is 3. The minimum absolute atomic E-state index is 0.203. The van der Waals surface area contributed by atoms with Crippen LogP contribution >= 0.6 is 0 Å². The van der Waals surface area contributed by atoms with Crippen molar-refractivity contribution in [2.75, 3.05) is 13.6 Å². The van der Waals surface area contributed by atoms with E-state index in [-0.39, 0.29) is 11.9 Å². The molecule has 0 aliphatic carbocycles. The van der Waals surface area contributed by atoms with Gasteiger partial charge in [-0.1, -0.05) is 12.1 Å². The quantitative estimate of drug-likeness (QED) is 0.744. The van der Waals surface area contributed by atoms with Crippen molar-refractivity contribution in [3.8, 4) is 5.75 Å². The van der Waals surface area contributed by atoms with Gasteiger partial charge in [-0.05, 0) is 45.5 Å². The van der Waals surface area contributed by atoms with Crippen LogP contribution < -0.4 is 4.74 Å². The molecule has 0 spiro atoms. The topological polar surface area (TPSA) is 29.5 Å². The third kappa shape index (κ3) is 5.82. The zero-order valence-electron chi connectivity index (χ0n) is 11.8. The number of carbonyl (C=O) groups excluding carboxylic acids is 1. The molecule has 18 heavy (non-hydrogen) atoms. The van der Waals surface area contributed by atoms with Crippen LogP contribution in [0.25, 0.3) is 0 Å². The van der Waals surface area contributed by atoms with E-state index in [2.05, 4.69) is 17.0 Å². The van der Waals surface area contributed by atoms with Crippen LogP contribution in [0.1, 0.15) is 32.8 Å². The molecule has 0 bridgehead atoms. The maximum Gasteiger partial charge on any atom is 0.131 e. The number of ketones is 1. The minimum Gasteiger partial charge on any atom is -0.491 e. The van der Waals surface area contributed by atoms with Gasteiger partial charge in [-0.2, -0.15) is 0 Å². The number of hydrogen-bond donors (Lipinski definition) is 0. The molecule has 0 unspecified atom stereocenters. The lowest BCUT2D eigenvalue weighted by Gasteiger charge is -2.16. The average molecular weight is 249 g/mol. The van der Waals surface area contributed by atoms with Crippen molar-refractivity contribution in [2.24, 2.45) is 0 Å². The predicted molar refractivity (Wildman–Crippen MR) is 73.8 cm³/mol. The Morgan fingerprint density at radius 3 is 2.39 bits per heavy atom. The van der Waals surface area contributed by atoms with E-state index in [1.807, 2.05) is 33.0 Å². The van der Waals surface area contributed by atoms with E-state index in [9.17, 15) is 4.79 Å². The number of benzene rings is 1. The Labute approximate surface area is 110 Å². The van der Waals surface area contributed by atoms with Gasteiger partial charge in [0.15, 0.2) is 0 Å². The van der Waals surface area contributed by atoms with Gasteiger partial charge in [-0.3, -0.25) is 4.79 Å². The molecule has 100 valence electrons. The van der Waals surface area contributed by atoms with Crippen LogP contribution in [0.3, 0.4) is 0 Å². The second-order valence-corrected chi connectivity index (χ2v) is 5.00. The van der Waals surface area contributed by atoms with Crippen LogP contribution in [0.2, 0.25) is 0 Å². The highest BCUT2D eigenvalue weighted by molar-refractivity contribution is 5.75. The van der Waals surface area contributed by atoms with Gasteiger partial charge in [0.25, 0.3) is 0 Å². The predicted octanol–water partition coefficient (Wildman–Crippen LogP) is 2.88. The summed E-state index contributed by atoms with van der Waals surface area (Å²) in [7, 11) is 2.03. The second-order valence-electron chi connectivity index (χ2n) is 5.00. The van der Waals surface area contributed by atoms with Gasteiger partial charge >= 0.3 is 0 Å². The molecule has 3 heteroatoms. The standard InChI is InChI=1S/C15H23NO2/c1-12(2)18-15-7-5-14(6-8-15)11-16(4)10-9-13(3)17/h5-8,12H,9-11H2,1-4H3. The summed E-state index contributed by atoms with van der Waals surface area (Å²) < 4.78 is 5.59. The van der Waals surface area contributed by atoms with Gasteiger partial charge in [0, 0.05) is 19.5 Å². The molecular weight excluding hydrogens is 226 g/mol. The zero-order chi connectivity index (χ0) is 13.5. The Morgan fingerprint density at radius 1 is 1.28 bits per heavy atom. The van der Waals surface area contributed by atoms with Gasteiger partial charge in [0.2, 0.25) is 0 Å². The van der Waals surface area contributed by atoms with Gasteiger partial charge in [0.1, 0.15) is 11.5 Å². The zero-order valence-corrected chi connectivity index (χ0v) is 11.8. The number of Topliss-reactive ketones (excluding diaryl/α,β-unsaturated/α-hetero) is 1. The molecular formula is C15H23NO2. The van der Waals surface area contributed by atoms with E-state index < -0.39 is 0 Å². The number of nitrogens with zero attached hydrogens (tertiary/aromatic N) is 1. The molecule has 0 aliphatic heterocycles. The maximum absolute atomic E-state index is 10.9. The van der Waals surface area contributed by atoms with Crippen LogP contribution in [0, 0.1) is 0 Å². The largest absolute Gasteiger partial charge is 0.491 e. The lowest BCUT2D eigenvalue weighted by atomic mass is 10.2. The summed E-state index contributed by atoms with van der Waals surface area (Å²) in [6, 6.07) is 8.13. The number of carbonyl (C=O) groups is 1. The minimum atomic E-state index is 0.203. The first-order valence-corrected chi connectivity index (χ1v) is 6.41. The van der Waals surface area contributed by atoms with Gasteiger partial charge < -0.3 is 9.64 Å². The SMILES string of the molecule is CC(=O)CCN(C)Cc1ccc(OC(C)C)cc1. The van der Waals surface area contributed by atoms with Gasteiger partial charge in [0.05, 0.1) is 6.10 Å². The fraction of sp³-hybridized carbons (Fsp3) is 0.533. The third-order valence-electron chi connectivity index (χ3n) is 2.59. The first kappa shape index (κ1) is 14.7. The molecule has 3 nitrogen and oxygen atoms in total. The van der Waals surface area contributed by atoms with E-state index in [0.717, 1.165) is 18.8 Å². The van der Waals surface area contributed by atoms with E-state index >= 15 is 0 Å². The Hall–Kier alpha value is -1.35. The summed E-state index contributed by atoms with van der Waals surface area (Å²) in [6.07, 6.45) is 0.819. The monoisotopic (exact) mass is 249 g/mol. The molecule has 0 saturated heterocycles. The van der Waals surface area contributed by atoms with Crippen LogP contribution in [-0.2, 0) is 11.3 Å². The van der Waals surface area contributed by atoms with Crippen molar-refractivity contribution in [1.82, 2.24) is 4.90 Å². The van der Waals surface area contributed by atoms with Crippen molar-refractivity contribution in [1.29, 1.82) is 0 Å². The molecule has 0 amide bonds. The molecule has 0 N–H and O–H groups in total. The molecule has 0 atom stereocenters.